The molecule has 1 aromatic carbocycles. The number of halogens is 3. The summed E-state index contributed by atoms with van der Waals surface area (Å²) in [5, 5.41) is 1.11. The summed E-state index contributed by atoms with van der Waals surface area (Å²) < 4.78 is 56.8. The third-order valence-electron chi connectivity index (χ3n) is 3.23. The summed E-state index contributed by atoms with van der Waals surface area (Å²) in [6, 6.07) is 6.43. The first-order chi connectivity index (χ1) is 12.6. The first kappa shape index (κ1) is 20.5. The molecule has 0 fully saturated rings. The van der Waals surface area contributed by atoms with Gasteiger partial charge in [-0.05, 0) is 30.3 Å². The highest BCUT2D eigenvalue weighted by Crippen LogP contribution is 2.42. The molecule has 144 valence electrons. The molecule has 13 heteroatoms. The molecule has 0 saturated carbocycles. The molecule has 1 unspecified atom stereocenters. The first-order valence-electron chi connectivity index (χ1n) is 7.08. The second kappa shape index (κ2) is 7.63. The van der Waals surface area contributed by atoms with Gasteiger partial charge in [0.1, 0.15) is 16.2 Å². The second-order valence-electron chi connectivity index (χ2n) is 5.19. The van der Waals surface area contributed by atoms with Crippen molar-refractivity contribution in [3.05, 3.63) is 52.5 Å². The molecule has 3 aromatic rings. The maximum absolute atomic E-state index is 12.7. The van der Waals surface area contributed by atoms with Crippen LogP contribution in [0.25, 0.3) is 10.1 Å². The van der Waals surface area contributed by atoms with Crippen molar-refractivity contribution in [1.82, 2.24) is 9.71 Å². The number of aromatic nitrogens is 1. The number of rotatable bonds is 6. The van der Waals surface area contributed by atoms with E-state index in [0.717, 1.165) is 29.7 Å². The predicted octanol–water partition coefficient (Wildman–Crippen LogP) is 4.24. The van der Waals surface area contributed by atoms with Gasteiger partial charge in [0, 0.05) is 10.4 Å². The van der Waals surface area contributed by atoms with Crippen molar-refractivity contribution < 1.29 is 26.8 Å². The Morgan fingerprint density at radius 3 is 2.59 bits per heavy atom. The van der Waals surface area contributed by atoms with Crippen LogP contribution in [0, 0.1) is 5.95 Å². The van der Waals surface area contributed by atoms with Gasteiger partial charge >= 0.3 is 7.60 Å². The van der Waals surface area contributed by atoms with Crippen LogP contribution in [0.4, 0.5) is 4.39 Å². The summed E-state index contributed by atoms with van der Waals surface area (Å²) in [6.07, 6.45) is 0.00507. The molecule has 0 aliphatic heterocycles. The van der Waals surface area contributed by atoms with Crippen LogP contribution in [0.5, 0.6) is 5.75 Å². The number of nitrogens with one attached hydrogen (secondary N) is 1. The molecule has 0 amide bonds. The van der Waals surface area contributed by atoms with E-state index in [2.05, 4.69) is 4.98 Å². The van der Waals surface area contributed by atoms with Gasteiger partial charge in [-0.15, -0.1) is 11.3 Å². The van der Waals surface area contributed by atoms with Gasteiger partial charge in [0.05, 0.1) is 15.9 Å². The number of sulfonamides is 1. The lowest BCUT2D eigenvalue weighted by molar-refractivity contribution is 0.376. The van der Waals surface area contributed by atoms with E-state index in [4.69, 9.17) is 27.7 Å². The predicted molar refractivity (Wildman–Crippen MR) is 102 cm³/mol. The number of fused-ring (bicyclic) bond motifs is 1. The van der Waals surface area contributed by atoms with Gasteiger partial charge in [-0.2, -0.15) is 9.11 Å². The summed E-state index contributed by atoms with van der Waals surface area (Å²) in [5.74, 6) is -0.972. The maximum atomic E-state index is 12.7. The molecular formula is C14H10Cl2FN2O5PS2. The lowest BCUT2D eigenvalue weighted by Gasteiger charge is -2.13. The van der Waals surface area contributed by atoms with E-state index in [0.29, 0.717) is 20.1 Å². The molecule has 2 aromatic heterocycles. The molecule has 0 saturated heterocycles. The van der Waals surface area contributed by atoms with Crippen LogP contribution in [-0.4, -0.2) is 24.6 Å². The van der Waals surface area contributed by atoms with Crippen molar-refractivity contribution in [3.63, 3.8) is 0 Å². The van der Waals surface area contributed by atoms with Crippen LogP contribution < -0.4 is 9.25 Å². The lowest BCUT2D eigenvalue weighted by Crippen LogP contribution is -2.25. The average molecular weight is 471 g/mol. The molecule has 27 heavy (non-hydrogen) atoms. The Kier molecular flexibility index (Phi) is 5.79. The van der Waals surface area contributed by atoms with E-state index in [1.54, 1.807) is 6.07 Å². The second-order valence-corrected chi connectivity index (χ2v) is 10.8. The number of thiophene rings is 1. The van der Waals surface area contributed by atoms with E-state index < -0.39 is 29.9 Å². The van der Waals surface area contributed by atoms with E-state index >= 15 is 0 Å². The maximum Gasteiger partial charge on any atom is 0.391 e. The van der Waals surface area contributed by atoms with Crippen molar-refractivity contribution in [2.24, 2.45) is 0 Å². The van der Waals surface area contributed by atoms with Crippen LogP contribution in [0.1, 0.15) is 0 Å². The van der Waals surface area contributed by atoms with Crippen molar-refractivity contribution in [3.8, 4) is 5.75 Å². The van der Waals surface area contributed by atoms with Crippen molar-refractivity contribution in [2.75, 3.05) is 6.29 Å². The Bertz CT molecular complexity index is 1120. The van der Waals surface area contributed by atoms with Gasteiger partial charge in [0.25, 0.3) is 10.0 Å². The minimum absolute atomic E-state index is 0.129. The SMILES string of the molecule is O=P(O)(CNS(=O)(=O)c1cc2c(Cl)ccc(Cl)c2s1)Oc1ccc(F)nc1. The summed E-state index contributed by atoms with van der Waals surface area (Å²) in [5.41, 5.74) is 0. The van der Waals surface area contributed by atoms with E-state index in [9.17, 15) is 22.3 Å². The number of hydrogen-bond donors (Lipinski definition) is 2. The Balaban J connectivity index is 1.78. The van der Waals surface area contributed by atoms with Gasteiger partial charge in [0.15, 0.2) is 0 Å². The van der Waals surface area contributed by atoms with Crippen molar-refractivity contribution in [1.29, 1.82) is 0 Å². The molecule has 0 spiro atoms. The molecule has 2 N–H and O–H groups in total. The Morgan fingerprint density at radius 1 is 1.26 bits per heavy atom. The molecule has 0 aliphatic carbocycles. The Labute approximate surface area is 167 Å². The van der Waals surface area contributed by atoms with Crippen molar-refractivity contribution in [2.45, 2.75) is 4.21 Å². The highest BCUT2D eigenvalue weighted by molar-refractivity contribution is 7.92. The van der Waals surface area contributed by atoms with Crippen molar-refractivity contribution >= 4 is 62.2 Å². The number of hydrogen-bond acceptors (Lipinski definition) is 6. The fourth-order valence-electron chi connectivity index (χ4n) is 2.02. The standard InChI is InChI=1S/C14H10Cl2FN2O5PS2/c15-10-2-3-11(16)14-9(10)5-13(26-14)27(22,23)19-7-25(20,21)24-8-1-4-12(17)18-6-8/h1-6,19H,7H2,(H,20,21). The third-order valence-corrected chi connectivity index (χ3v) is 8.29. The van der Waals surface area contributed by atoms with Gasteiger partial charge in [-0.3, -0.25) is 0 Å². The zero-order valence-electron chi connectivity index (χ0n) is 13.1. The van der Waals surface area contributed by atoms with Gasteiger partial charge in [-0.25, -0.2) is 18.0 Å². The number of nitrogens with zero attached hydrogens (tertiary/aromatic N) is 1. The number of pyridine rings is 1. The monoisotopic (exact) mass is 470 g/mol. The summed E-state index contributed by atoms with van der Waals surface area (Å²) in [4.78, 5) is 13.1. The fourth-order valence-corrected chi connectivity index (χ4v) is 6.50. The van der Waals surface area contributed by atoms with Gasteiger partial charge in [-0.1, -0.05) is 23.2 Å². The Morgan fingerprint density at radius 2 is 1.96 bits per heavy atom. The molecule has 3 rings (SSSR count). The largest absolute Gasteiger partial charge is 0.422 e. The van der Waals surface area contributed by atoms with Crippen LogP contribution in [0.15, 0.2) is 40.7 Å². The summed E-state index contributed by atoms with van der Waals surface area (Å²) >= 11 is 13.0. The quantitative estimate of drug-likeness (QED) is 0.412. The normalized spacial score (nSPS) is 14.2. The molecule has 2 heterocycles. The fraction of sp³-hybridized carbons (Fsp3) is 0.0714. The van der Waals surface area contributed by atoms with Crippen LogP contribution >= 0.6 is 42.1 Å². The molecule has 0 aliphatic rings. The van der Waals surface area contributed by atoms with E-state index in [1.807, 2.05) is 4.72 Å². The summed E-state index contributed by atoms with van der Waals surface area (Å²) in [7, 11) is -8.52. The lowest BCUT2D eigenvalue weighted by atomic mass is 10.3. The van der Waals surface area contributed by atoms with Gasteiger partial charge < -0.3 is 9.42 Å². The smallest absolute Gasteiger partial charge is 0.391 e. The first-order valence-corrected chi connectivity index (χ1v) is 11.9. The Hall–Kier alpha value is -1.26. The minimum atomic E-state index is -4.40. The van der Waals surface area contributed by atoms with Crippen LogP contribution in [-0.2, 0) is 14.6 Å². The highest BCUT2D eigenvalue weighted by Gasteiger charge is 2.27. The third kappa shape index (κ3) is 4.78. The molecule has 7 nitrogen and oxygen atoms in total. The topological polar surface area (TPSA) is 106 Å². The van der Waals surface area contributed by atoms with Gasteiger partial charge in [0.2, 0.25) is 5.95 Å². The molecule has 0 radical (unpaired) electrons. The average Bonchev–Trinajstić information content (AvgIpc) is 3.06. The molecule has 0 bridgehead atoms. The van der Waals surface area contributed by atoms with Crippen LogP contribution in [0.2, 0.25) is 10.0 Å². The zero-order valence-corrected chi connectivity index (χ0v) is 17.1. The minimum Gasteiger partial charge on any atom is -0.422 e. The van der Waals surface area contributed by atoms with Crippen LogP contribution in [0.3, 0.4) is 0 Å². The van der Waals surface area contributed by atoms with E-state index in [-0.39, 0.29) is 9.96 Å². The highest BCUT2D eigenvalue weighted by atomic mass is 35.5. The number of benzene rings is 1. The van der Waals surface area contributed by atoms with E-state index in [1.165, 1.54) is 12.1 Å². The molecule has 1 atom stereocenters. The summed E-state index contributed by atoms with van der Waals surface area (Å²) in [6.45, 7) is 0. The molecular weight excluding hydrogens is 461 g/mol. The zero-order chi connectivity index (χ0) is 19.8.